The summed E-state index contributed by atoms with van der Waals surface area (Å²) in [4.78, 5) is 26.4. The zero-order valence-corrected chi connectivity index (χ0v) is 8.93. The quantitative estimate of drug-likeness (QED) is 0.622. The van der Waals surface area contributed by atoms with Gasteiger partial charge >= 0.3 is 0 Å². The zero-order valence-electron chi connectivity index (χ0n) is 8.93. The minimum atomic E-state index is -0.325. The molecule has 7 heteroatoms. The van der Waals surface area contributed by atoms with Gasteiger partial charge in [-0.1, -0.05) is 0 Å². The van der Waals surface area contributed by atoms with E-state index in [0.717, 1.165) is 5.82 Å². The summed E-state index contributed by atoms with van der Waals surface area (Å²) in [6.45, 7) is 0.461. The summed E-state index contributed by atoms with van der Waals surface area (Å²) in [5.74, 6) is 0.282. The fourth-order valence-electron chi connectivity index (χ4n) is 1.58. The Balaban J connectivity index is 1.89. The van der Waals surface area contributed by atoms with Crippen molar-refractivity contribution in [3.63, 3.8) is 0 Å². The molecule has 2 N–H and O–H groups in total. The number of carbonyl (C=O) groups is 2. The summed E-state index contributed by atoms with van der Waals surface area (Å²) < 4.78 is 1.64. The molecule has 0 saturated carbocycles. The van der Waals surface area contributed by atoms with Crippen molar-refractivity contribution in [3.05, 3.63) is 12.2 Å². The molecule has 2 rings (SSSR count). The molecule has 1 fully saturated rings. The van der Waals surface area contributed by atoms with Gasteiger partial charge in [0.05, 0.1) is 12.6 Å². The summed E-state index contributed by atoms with van der Waals surface area (Å²) in [7, 11) is 1.79. The van der Waals surface area contributed by atoms with Crippen LogP contribution in [0.3, 0.4) is 0 Å². The molecular formula is C9H13N5O2. The van der Waals surface area contributed by atoms with E-state index in [-0.39, 0.29) is 17.9 Å². The molecule has 0 aliphatic carbocycles. The highest BCUT2D eigenvalue weighted by molar-refractivity contribution is 6.00. The van der Waals surface area contributed by atoms with E-state index < -0.39 is 0 Å². The molecule has 1 aliphatic rings. The average molecular weight is 223 g/mol. The number of aryl methyl sites for hydroxylation is 1. The van der Waals surface area contributed by atoms with Crippen LogP contribution in [-0.2, 0) is 23.2 Å². The second-order valence-corrected chi connectivity index (χ2v) is 3.68. The number of hydrogen-bond acceptors (Lipinski definition) is 5. The molecule has 7 nitrogen and oxygen atoms in total. The first-order chi connectivity index (χ1) is 7.66. The summed E-state index contributed by atoms with van der Waals surface area (Å²) in [5, 5.41) is 9.26. The Bertz CT molecular complexity index is 414. The fraction of sp³-hybridized carbons (Fsp3) is 0.556. The topological polar surface area (TPSA) is 88.9 Å². The fourth-order valence-corrected chi connectivity index (χ4v) is 1.58. The minimum absolute atomic E-state index is 0.207. The van der Waals surface area contributed by atoms with E-state index in [2.05, 4.69) is 20.7 Å². The van der Waals surface area contributed by atoms with Gasteiger partial charge in [-0.2, -0.15) is 5.10 Å². The highest BCUT2D eigenvalue weighted by Gasteiger charge is 2.26. The van der Waals surface area contributed by atoms with Gasteiger partial charge in [-0.25, -0.2) is 4.98 Å². The first kappa shape index (κ1) is 10.7. The number of rotatable bonds is 3. The third-order valence-corrected chi connectivity index (χ3v) is 2.55. The SMILES string of the molecule is Cn1ncnc1CNC1CCC(=O)NC1=O. The van der Waals surface area contributed by atoms with Crippen molar-refractivity contribution in [1.29, 1.82) is 0 Å². The van der Waals surface area contributed by atoms with Crippen LogP contribution in [0.15, 0.2) is 6.33 Å². The molecule has 2 heterocycles. The van der Waals surface area contributed by atoms with E-state index in [9.17, 15) is 9.59 Å². The van der Waals surface area contributed by atoms with Crippen molar-refractivity contribution < 1.29 is 9.59 Å². The van der Waals surface area contributed by atoms with Gasteiger partial charge in [0.2, 0.25) is 11.8 Å². The van der Waals surface area contributed by atoms with Gasteiger partial charge < -0.3 is 0 Å². The van der Waals surface area contributed by atoms with Crippen LogP contribution in [0.1, 0.15) is 18.7 Å². The molecule has 0 radical (unpaired) electrons. The molecule has 1 atom stereocenters. The molecule has 1 aromatic rings. The van der Waals surface area contributed by atoms with Gasteiger partial charge in [0.15, 0.2) is 0 Å². The van der Waals surface area contributed by atoms with Crippen molar-refractivity contribution in [2.75, 3.05) is 0 Å². The van der Waals surface area contributed by atoms with Gasteiger partial charge in [-0.15, -0.1) is 0 Å². The third kappa shape index (κ3) is 2.25. The number of aromatic nitrogens is 3. The van der Waals surface area contributed by atoms with Crippen LogP contribution in [-0.4, -0.2) is 32.6 Å². The smallest absolute Gasteiger partial charge is 0.243 e. The predicted molar refractivity (Wildman–Crippen MR) is 54.0 cm³/mol. The van der Waals surface area contributed by atoms with Crippen LogP contribution < -0.4 is 10.6 Å². The molecule has 0 spiro atoms. The number of carbonyl (C=O) groups excluding carboxylic acids is 2. The average Bonchev–Trinajstić information content (AvgIpc) is 2.63. The number of imide groups is 1. The molecule has 1 aromatic heterocycles. The zero-order chi connectivity index (χ0) is 11.5. The Hall–Kier alpha value is -1.76. The molecule has 1 aliphatic heterocycles. The van der Waals surface area contributed by atoms with Crippen LogP contribution in [0.5, 0.6) is 0 Å². The number of nitrogens with one attached hydrogen (secondary N) is 2. The van der Waals surface area contributed by atoms with Gasteiger partial charge in [0, 0.05) is 13.5 Å². The van der Waals surface area contributed by atoms with Crippen LogP contribution >= 0.6 is 0 Å². The highest BCUT2D eigenvalue weighted by atomic mass is 16.2. The minimum Gasteiger partial charge on any atom is -0.299 e. The monoisotopic (exact) mass is 223 g/mol. The number of piperidine rings is 1. The summed E-state index contributed by atoms with van der Waals surface area (Å²) in [6.07, 6.45) is 2.37. The Morgan fingerprint density at radius 2 is 2.44 bits per heavy atom. The van der Waals surface area contributed by atoms with Crippen molar-refractivity contribution in [2.45, 2.75) is 25.4 Å². The number of amides is 2. The van der Waals surface area contributed by atoms with Gasteiger partial charge in [0.25, 0.3) is 0 Å². The predicted octanol–water partition coefficient (Wildman–Crippen LogP) is -1.29. The Kier molecular flexibility index (Phi) is 2.95. The lowest BCUT2D eigenvalue weighted by Crippen LogP contribution is -2.50. The van der Waals surface area contributed by atoms with Gasteiger partial charge in [-0.3, -0.25) is 24.9 Å². The number of hydrogen-bond donors (Lipinski definition) is 2. The molecule has 0 aromatic carbocycles. The molecule has 1 saturated heterocycles. The van der Waals surface area contributed by atoms with E-state index in [1.165, 1.54) is 6.33 Å². The lowest BCUT2D eigenvalue weighted by atomic mass is 10.1. The van der Waals surface area contributed by atoms with E-state index >= 15 is 0 Å². The van der Waals surface area contributed by atoms with Gasteiger partial charge in [0.1, 0.15) is 12.2 Å². The lowest BCUT2D eigenvalue weighted by molar-refractivity contribution is -0.134. The second-order valence-electron chi connectivity index (χ2n) is 3.68. The highest BCUT2D eigenvalue weighted by Crippen LogP contribution is 2.04. The first-order valence-electron chi connectivity index (χ1n) is 5.07. The second kappa shape index (κ2) is 4.40. The molecule has 2 amide bonds. The molecule has 0 bridgehead atoms. The van der Waals surface area contributed by atoms with E-state index in [4.69, 9.17) is 0 Å². The van der Waals surface area contributed by atoms with Gasteiger partial charge in [-0.05, 0) is 6.42 Å². The van der Waals surface area contributed by atoms with Crippen LogP contribution in [0, 0.1) is 0 Å². The van der Waals surface area contributed by atoms with Crippen molar-refractivity contribution in [2.24, 2.45) is 7.05 Å². The normalized spacial score (nSPS) is 20.9. The summed E-state index contributed by atoms with van der Waals surface area (Å²) >= 11 is 0. The lowest BCUT2D eigenvalue weighted by Gasteiger charge is -2.21. The van der Waals surface area contributed by atoms with Crippen molar-refractivity contribution in [1.82, 2.24) is 25.4 Å². The maximum Gasteiger partial charge on any atom is 0.243 e. The molecule has 86 valence electrons. The standard InChI is InChI=1S/C9H13N5O2/c1-14-7(11-5-12-14)4-10-6-2-3-8(15)13-9(6)16/h5-6,10H,2-4H2,1H3,(H,13,15,16). The summed E-state index contributed by atoms with van der Waals surface area (Å²) in [6, 6.07) is -0.325. The van der Waals surface area contributed by atoms with E-state index in [0.29, 0.717) is 19.4 Å². The Morgan fingerprint density at radius 1 is 1.62 bits per heavy atom. The first-order valence-corrected chi connectivity index (χ1v) is 5.07. The van der Waals surface area contributed by atoms with Crippen LogP contribution in [0.25, 0.3) is 0 Å². The third-order valence-electron chi connectivity index (χ3n) is 2.55. The maximum atomic E-state index is 11.4. The van der Waals surface area contributed by atoms with Crippen LogP contribution in [0.2, 0.25) is 0 Å². The van der Waals surface area contributed by atoms with Crippen molar-refractivity contribution >= 4 is 11.8 Å². The van der Waals surface area contributed by atoms with Crippen molar-refractivity contribution in [3.8, 4) is 0 Å². The Morgan fingerprint density at radius 3 is 3.06 bits per heavy atom. The maximum absolute atomic E-state index is 11.4. The molecule has 1 unspecified atom stereocenters. The molecule has 16 heavy (non-hydrogen) atoms. The largest absolute Gasteiger partial charge is 0.299 e. The van der Waals surface area contributed by atoms with E-state index in [1.54, 1.807) is 11.7 Å². The summed E-state index contributed by atoms with van der Waals surface area (Å²) in [5.41, 5.74) is 0. The number of nitrogens with zero attached hydrogens (tertiary/aromatic N) is 3. The molecular weight excluding hydrogens is 210 g/mol. The van der Waals surface area contributed by atoms with Crippen LogP contribution in [0.4, 0.5) is 0 Å². The van der Waals surface area contributed by atoms with E-state index in [1.807, 2.05) is 0 Å². The Labute approximate surface area is 92.2 Å².